The first-order chi connectivity index (χ1) is 17.1. The Morgan fingerprint density at radius 1 is 0.973 bits per heavy atom. The van der Waals surface area contributed by atoms with Gasteiger partial charge < -0.3 is 24.1 Å². The van der Waals surface area contributed by atoms with Crippen molar-refractivity contribution in [2.45, 2.75) is 63.8 Å². The van der Waals surface area contributed by atoms with Crippen LogP contribution in [0, 0.1) is 13.8 Å². The van der Waals surface area contributed by atoms with Gasteiger partial charge in [-0.25, -0.2) is 9.59 Å². The molecule has 0 radical (unpaired) electrons. The molecule has 4 heterocycles. The third-order valence-corrected chi connectivity index (χ3v) is 6.18. The molecule has 0 spiro atoms. The molecular weight excluding hydrogens is 518 g/mol. The van der Waals surface area contributed by atoms with Gasteiger partial charge >= 0.3 is 24.3 Å². The number of morpholine rings is 1. The lowest BCUT2D eigenvalue weighted by molar-refractivity contribution is -0.193. The van der Waals surface area contributed by atoms with E-state index in [9.17, 15) is 26.3 Å². The molecular formula is C22H30F6N2O7. The van der Waals surface area contributed by atoms with E-state index in [4.69, 9.17) is 33.7 Å². The molecule has 9 nitrogen and oxygen atoms in total. The van der Waals surface area contributed by atoms with Crippen molar-refractivity contribution >= 4 is 11.9 Å². The lowest BCUT2D eigenvalue weighted by Crippen LogP contribution is -2.51. The molecule has 1 aromatic heterocycles. The molecule has 15 heteroatoms. The summed E-state index contributed by atoms with van der Waals surface area (Å²) in [6, 6.07) is 3.22. The lowest BCUT2D eigenvalue weighted by atomic mass is 10.00. The Hall–Kier alpha value is -2.36. The van der Waals surface area contributed by atoms with Gasteiger partial charge in [0, 0.05) is 32.3 Å². The van der Waals surface area contributed by atoms with E-state index >= 15 is 0 Å². The van der Waals surface area contributed by atoms with Crippen molar-refractivity contribution in [3.63, 3.8) is 0 Å². The van der Waals surface area contributed by atoms with E-state index in [0.717, 1.165) is 57.5 Å². The van der Waals surface area contributed by atoms with Crippen LogP contribution in [0.3, 0.4) is 0 Å². The molecule has 0 unspecified atom stereocenters. The first kappa shape index (κ1) is 30.9. The largest absolute Gasteiger partial charge is 0.490 e. The van der Waals surface area contributed by atoms with Gasteiger partial charge in [-0.15, -0.1) is 0 Å². The van der Waals surface area contributed by atoms with Gasteiger partial charge in [0.1, 0.15) is 11.5 Å². The van der Waals surface area contributed by atoms with Gasteiger partial charge in [0.15, 0.2) is 0 Å². The van der Waals surface area contributed by atoms with Crippen LogP contribution in [0.1, 0.15) is 29.9 Å². The molecule has 37 heavy (non-hydrogen) atoms. The number of hydrogen-bond donors (Lipinski definition) is 2. The van der Waals surface area contributed by atoms with Gasteiger partial charge in [0.2, 0.25) is 0 Å². The molecule has 0 bridgehead atoms. The Bertz CT molecular complexity index is 856. The van der Waals surface area contributed by atoms with Crippen LogP contribution < -0.4 is 0 Å². The number of carboxylic acid groups (broad SMARTS) is 2. The lowest BCUT2D eigenvalue weighted by Gasteiger charge is -2.37. The Kier molecular flexibility index (Phi) is 10.8. The second kappa shape index (κ2) is 12.9. The number of alkyl halides is 6. The molecule has 0 saturated carbocycles. The summed E-state index contributed by atoms with van der Waals surface area (Å²) in [5.41, 5.74) is 1.25. The molecule has 0 amide bonds. The molecule has 3 aliphatic heterocycles. The van der Waals surface area contributed by atoms with E-state index in [1.807, 2.05) is 6.92 Å². The SMILES string of the molecule is Cc1cc(CN2C[C@H](N3CCOCC3)[C@@H]3OCCC[C@@H]32)oc1C.O=C(O)C(F)(F)F.O=C(O)C(F)(F)F. The van der Waals surface area contributed by atoms with Crippen LogP contribution in [-0.2, 0) is 25.6 Å². The molecule has 3 fully saturated rings. The predicted octanol–water partition coefficient (Wildman–Crippen LogP) is 3.23. The zero-order valence-electron chi connectivity index (χ0n) is 20.3. The maximum absolute atomic E-state index is 10.6. The van der Waals surface area contributed by atoms with Crippen LogP contribution in [0.5, 0.6) is 0 Å². The second-order valence-corrected chi connectivity index (χ2v) is 8.75. The number of ether oxygens (including phenoxy) is 2. The highest BCUT2D eigenvalue weighted by molar-refractivity contribution is 5.73. The van der Waals surface area contributed by atoms with E-state index < -0.39 is 24.3 Å². The summed E-state index contributed by atoms with van der Waals surface area (Å²) in [5.74, 6) is -3.38. The number of furan rings is 1. The highest BCUT2D eigenvalue weighted by Gasteiger charge is 2.46. The van der Waals surface area contributed by atoms with Gasteiger partial charge in [-0.3, -0.25) is 9.80 Å². The van der Waals surface area contributed by atoms with Crippen molar-refractivity contribution in [2.24, 2.45) is 0 Å². The summed E-state index contributed by atoms with van der Waals surface area (Å²) in [7, 11) is 0. The van der Waals surface area contributed by atoms with E-state index in [1.54, 1.807) is 0 Å². The van der Waals surface area contributed by atoms with Crippen LogP contribution in [0.2, 0.25) is 0 Å². The van der Waals surface area contributed by atoms with Crippen LogP contribution in [0.15, 0.2) is 10.5 Å². The number of nitrogens with zero attached hydrogens (tertiary/aromatic N) is 2. The van der Waals surface area contributed by atoms with Crippen molar-refractivity contribution in [3.8, 4) is 0 Å². The van der Waals surface area contributed by atoms with Crippen molar-refractivity contribution in [1.82, 2.24) is 9.80 Å². The second-order valence-electron chi connectivity index (χ2n) is 8.75. The quantitative estimate of drug-likeness (QED) is 0.550. The third-order valence-electron chi connectivity index (χ3n) is 6.18. The summed E-state index contributed by atoms with van der Waals surface area (Å²) in [6.07, 6.45) is -7.41. The van der Waals surface area contributed by atoms with Gasteiger partial charge in [0.05, 0.1) is 31.9 Å². The number of halogens is 6. The highest BCUT2D eigenvalue weighted by Crippen LogP contribution is 2.33. The molecule has 3 aliphatic rings. The number of fused-ring (bicyclic) bond motifs is 1. The van der Waals surface area contributed by atoms with E-state index in [-0.39, 0.29) is 0 Å². The number of rotatable bonds is 3. The minimum Gasteiger partial charge on any atom is -0.475 e. The van der Waals surface area contributed by atoms with Gasteiger partial charge in [-0.2, -0.15) is 26.3 Å². The summed E-state index contributed by atoms with van der Waals surface area (Å²) in [6.45, 7) is 10.8. The molecule has 0 aliphatic carbocycles. The van der Waals surface area contributed by atoms with Gasteiger partial charge in [-0.05, 0) is 38.3 Å². The van der Waals surface area contributed by atoms with Crippen LogP contribution in [-0.4, -0.2) is 102 Å². The van der Waals surface area contributed by atoms with Crippen molar-refractivity contribution in [1.29, 1.82) is 0 Å². The summed E-state index contributed by atoms with van der Waals surface area (Å²) < 4.78 is 81.1. The first-order valence-electron chi connectivity index (χ1n) is 11.4. The number of hydrogen-bond acceptors (Lipinski definition) is 7. The van der Waals surface area contributed by atoms with Crippen LogP contribution >= 0.6 is 0 Å². The number of carbonyl (C=O) groups is 2. The van der Waals surface area contributed by atoms with Crippen molar-refractivity contribution < 1.29 is 60.0 Å². The molecule has 3 saturated heterocycles. The molecule has 4 rings (SSSR count). The topological polar surface area (TPSA) is 113 Å². The molecule has 1 aromatic rings. The summed E-state index contributed by atoms with van der Waals surface area (Å²) >= 11 is 0. The average molecular weight is 548 g/mol. The number of aliphatic carboxylic acids is 2. The minimum absolute atomic E-state index is 0.346. The van der Waals surface area contributed by atoms with Crippen LogP contribution in [0.25, 0.3) is 0 Å². The molecule has 3 atom stereocenters. The number of aryl methyl sites for hydroxylation is 2. The Morgan fingerprint density at radius 3 is 1.97 bits per heavy atom. The van der Waals surface area contributed by atoms with Gasteiger partial charge in [-0.1, -0.05) is 0 Å². The fourth-order valence-electron chi connectivity index (χ4n) is 4.37. The first-order valence-corrected chi connectivity index (χ1v) is 11.4. The van der Waals surface area contributed by atoms with E-state index in [2.05, 4.69) is 22.8 Å². The fourth-order valence-corrected chi connectivity index (χ4v) is 4.37. The van der Waals surface area contributed by atoms with Gasteiger partial charge in [0.25, 0.3) is 0 Å². The number of likely N-dealkylation sites (tertiary alicyclic amines) is 1. The molecule has 212 valence electrons. The zero-order chi connectivity index (χ0) is 28.0. The minimum atomic E-state index is -5.08. The Labute approximate surface area is 208 Å². The highest BCUT2D eigenvalue weighted by atomic mass is 19.4. The fraction of sp³-hybridized carbons (Fsp3) is 0.727. The smallest absolute Gasteiger partial charge is 0.475 e. The zero-order valence-corrected chi connectivity index (χ0v) is 20.3. The van der Waals surface area contributed by atoms with E-state index in [1.165, 1.54) is 18.4 Å². The molecule has 2 N–H and O–H groups in total. The normalized spacial score (nSPS) is 24.8. The average Bonchev–Trinajstić information content (AvgIpc) is 3.33. The van der Waals surface area contributed by atoms with E-state index in [0.29, 0.717) is 18.2 Å². The summed E-state index contributed by atoms with van der Waals surface area (Å²) in [4.78, 5) is 23.0. The Balaban J connectivity index is 0.000000286. The maximum Gasteiger partial charge on any atom is 0.490 e. The number of carboxylic acids is 2. The van der Waals surface area contributed by atoms with Crippen molar-refractivity contribution in [2.75, 3.05) is 39.5 Å². The maximum atomic E-state index is 10.6. The van der Waals surface area contributed by atoms with Crippen LogP contribution in [0.4, 0.5) is 26.3 Å². The monoisotopic (exact) mass is 548 g/mol. The molecule has 0 aromatic carbocycles. The third kappa shape index (κ3) is 9.16. The van der Waals surface area contributed by atoms with Crippen molar-refractivity contribution in [3.05, 3.63) is 23.2 Å². The standard InChI is InChI=1S/C18H28N2O3.2C2HF3O2/c1-13-10-15(23-14(13)2)11-20-12-17(19-5-8-21-9-6-19)18-16(20)4-3-7-22-18;2*3-2(4,5)1(6)7/h10,16-18H,3-9,11-12H2,1-2H3;2*(H,6,7)/t16-,17-,18+;;/m0../s1. The predicted molar refractivity (Wildman–Crippen MR) is 115 cm³/mol. The summed E-state index contributed by atoms with van der Waals surface area (Å²) in [5, 5.41) is 14.2. The Morgan fingerprint density at radius 2 is 1.51 bits per heavy atom.